The molecular formula is C18H23N3OS. The van der Waals surface area contributed by atoms with Crippen molar-refractivity contribution < 1.29 is 4.79 Å². The minimum absolute atomic E-state index is 0.0592. The molecule has 1 heterocycles. The van der Waals surface area contributed by atoms with Gasteiger partial charge in [0.05, 0.1) is 18.2 Å². The van der Waals surface area contributed by atoms with Gasteiger partial charge in [0.25, 0.3) is 0 Å². The van der Waals surface area contributed by atoms with Crippen LogP contribution in [0.5, 0.6) is 0 Å². The van der Waals surface area contributed by atoms with Gasteiger partial charge in [0.2, 0.25) is 5.91 Å². The zero-order valence-electron chi connectivity index (χ0n) is 13.4. The van der Waals surface area contributed by atoms with Crippen molar-refractivity contribution in [3.05, 3.63) is 41.4 Å². The summed E-state index contributed by atoms with van der Waals surface area (Å²) in [6.45, 7) is 2.46. The van der Waals surface area contributed by atoms with Gasteiger partial charge in [-0.1, -0.05) is 43.2 Å². The van der Waals surface area contributed by atoms with Crippen LogP contribution in [0.1, 0.15) is 38.3 Å². The molecule has 1 aromatic carbocycles. The lowest BCUT2D eigenvalue weighted by Gasteiger charge is -2.37. The summed E-state index contributed by atoms with van der Waals surface area (Å²) in [4.78, 5) is 17.1. The van der Waals surface area contributed by atoms with Crippen molar-refractivity contribution in [3.8, 4) is 10.6 Å². The Bertz CT molecular complexity index is 666. The van der Waals surface area contributed by atoms with Crippen LogP contribution in [0.3, 0.4) is 0 Å². The van der Waals surface area contributed by atoms with Gasteiger partial charge in [-0.05, 0) is 19.8 Å². The molecule has 2 aromatic rings. The van der Waals surface area contributed by atoms with Gasteiger partial charge >= 0.3 is 0 Å². The number of hydrogen-bond acceptors (Lipinski definition) is 4. The largest absolute Gasteiger partial charge is 0.350 e. The van der Waals surface area contributed by atoms with E-state index in [0.717, 1.165) is 41.9 Å². The van der Waals surface area contributed by atoms with Crippen molar-refractivity contribution in [2.45, 2.75) is 44.7 Å². The molecule has 0 aliphatic heterocycles. The van der Waals surface area contributed by atoms with E-state index in [-0.39, 0.29) is 17.4 Å². The Labute approximate surface area is 141 Å². The Morgan fingerprint density at radius 2 is 2.17 bits per heavy atom. The van der Waals surface area contributed by atoms with E-state index in [2.05, 4.69) is 10.3 Å². The molecule has 0 saturated heterocycles. The molecule has 1 aromatic heterocycles. The molecular weight excluding hydrogens is 306 g/mol. The Morgan fingerprint density at radius 1 is 1.39 bits per heavy atom. The maximum Gasteiger partial charge on any atom is 0.225 e. The van der Waals surface area contributed by atoms with Gasteiger partial charge in [-0.3, -0.25) is 4.79 Å². The second-order valence-electron chi connectivity index (χ2n) is 6.53. The third kappa shape index (κ3) is 3.79. The van der Waals surface area contributed by atoms with Crippen LogP contribution >= 0.6 is 11.3 Å². The smallest absolute Gasteiger partial charge is 0.225 e. The molecule has 2 atom stereocenters. The summed E-state index contributed by atoms with van der Waals surface area (Å²) in [5.74, 6) is -0.0348. The van der Waals surface area contributed by atoms with Gasteiger partial charge in [0, 0.05) is 16.5 Å². The molecule has 1 amide bonds. The zero-order chi connectivity index (χ0) is 16.3. The zero-order valence-corrected chi connectivity index (χ0v) is 14.2. The lowest BCUT2D eigenvalue weighted by Crippen LogP contribution is -2.52. The Balaban J connectivity index is 1.60. The van der Waals surface area contributed by atoms with E-state index in [0.29, 0.717) is 6.54 Å². The molecule has 3 N–H and O–H groups in total. The summed E-state index contributed by atoms with van der Waals surface area (Å²) in [6, 6.07) is 10.1. The summed E-state index contributed by atoms with van der Waals surface area (Å²) in [5.41, 5.74) is 7.92. The van der Waals surface area contributed by atoms with Crippen molar-refractivity contribution in [2.75, 3.05) is 0 Å². The molecule has 1 aliphatic carbocycles. The quantitative estimate of drug-likeness (QED) is 0.904. The van der Waals surface area contributed by atoms with Crippen molar-refractivity contribution in [1.29, 1.82) is 0 Å². The Hall–Kier alpha value is -1.72. The van der Waals surface area contributed by atoms with Crippen LogP contribution in [0.4, 0.5) is 0 Å². The first-order chi connectivity index (χ1) is 11.1. The van der Waals surface area contributed by atoms with E-state index in [1.165, 1.54) is 0 Å². The first kappa shape index (κ1) is 16.1. The van der Waals surface area contributed by atoms with Gasteiger partial charge in [0.1, 0.15) is 5.01 Å². The molecule has 0 spiro atoms. The average Bonchev–Trinajstić information content (AvgIpc) is 3.02. The maximum absolute atomic E-state index is 12.4. The number of nitrogens with one attached hydrogen (secondary N) is 1. The van der Waals surface area contributed by atoms with Crippen LogP contribution < -0.4 is 11.1 Å². The minimum atomic E-state index is -0.389. The second kappa shape index (κ2) is 6.81. The topological polar surface area (TPSA) is 68.0 Å². The molecule has 23 heavy (non-hydrogen) atoms. The van der Waals surface area contributed by atoms with Crippen LogP contribution in [0.2, 0.25) is 0 Å². The molecule has 1 aliphatic rings. The SMILES string of the molecule is CC1(N)CCCCC1C(=O)NCc1csc(-c2ccccc2)n1. The van der Waals surface area contributed by atoms with Gasteiger partial charge in [0.15, 0.2) is 0 Å². The molecule has 0 bridgehead atoms. The highest BCUT2D eigenvalue weighted by atomic mass is 32.1. The highest BCUT2D eigenvalue weighted by Crippen LogP contribution is 2.31. The molecule has 122 valence electrons. The number of rotatable bonds is 4. The van der Waals surface area contributed by atoms with E-state index >= 15 is 0 Å². The van der Waals surface area contributed by atoms with Crippen LogP contribution in [0, 0.1) is 5.92 Å². The maximum atomic E-state index is 12.4. The number of hydrogen-bond donors (Lipinski definition) is 2. The standard InChI is InChI=1S/C18H23N3OS/c1-18(19)10-6-5-9-15(18)16(22)20-11-14-12-23-17(21-14)13-7-3-2-4-8-13/h2-4,7-8,12,15H,5-6,9-11,19H2,1H3,(H,20,22). The van der Waals surface area contributed by atoms with Crippen LogP contribution in [0.15, 0.2) is 35.7 Å². The van der Waals surface area contributed by atoms with E-state index in [1.54, 1.807) is 11.3 Å². The number of thiazole rings is 1. The number of carbonyl (C=O) groups excluding carboxylic acids is 1. The summed E-state index contributed by atoms with van der Waals surface area (Å²) in [7, 11) is 0. The number of amides is 1. The summed E-state index contributed by atoms with van der Waals surface area (Å²) in [5, 5.41) is 6.00. The fourth-order valence-corrected chi connectivity index (χ4v) is 4.02. The summed E-state index contributed by atoms with van der Waals surface area (Å²) < 4.78 is 0. The Kier molecular flexibility index (Phi) is 4.78. The summed E-state index contributed by atoms with van der Waals surface area (Å²) >= 11 is 1.60. The first-order valence-corrected chi connectivity index (χ1v) is 9.01. The number of nitrogens with two attached hydrogens (primary N) is 1. The predicted octanol–water partition coefficient (Wildman–Crippen LogP) is 3.33. The van der Waals surface area contributed by atoms with Crippen LogP contribution in [-0.2, 0) is 11.3 Å². The number of aromatic nitrogens is 1. The third-order valence-corrected chi connectivity index (χ3v) is 5.53. The molecule has 5 heteroatoms. The lowest BCUT2D eigenvalue weighted by molar-refractivity contribution is -0.128. The fourth-order valence-electron chi connectivity index (χ4n) is 3.19. The van der Waals surface area contributed by atoms with Gasteiger partial charge in [-0.25, -0.2) is 4.98 Å². The van der Waals surface area contributed by atoms with Crippen molar-refractivity contribution in [2.24, 2.45) is 11.7 Å². The van der Waals surface area contributed by atoms with Crippen molar-refractivity contribution in [3.63, 3.8) is 0 Å². The monoisotopic (exact) mass is 329 g/mol. The third-order valence-electron chi connectivity index (χ3n) is 4.59. The highest BCUT2D eigenvalue weighted by Gasteiger charge is 2.37. The Morgan fingerprint density at radius 3 is 2.91 bits per heavy atom. The van der Waals surface area contributed by atoms with Crippen LogP contribution in [0.25, 0.3) is 10.6 Å². The lowest BCUT2D eigenvalue weighted by atomic mass is 9.74. The van der Waals surface area contributed by atoms with E-state index in [1.807, 2.05) is 42.6 Å². The van der Waals surface area contributed by atoms with E-state index < -0.39 is 0 Å². The molecule has 2 unspecified atom stereocenters. The molecule has 0 radical (unpaired) electrons. The summed E-state index contributed by atoms with van der Waals surface area (Å²) in [6.07, 6.45) is 3.99. The number of nitrogens with zero attached hydrogens (tertiary/aromatic N) is 1. The molecule has 3 rings (SSSR count). The number of carbonyl (C=O) groups is 1. The molecule has 1 fully saturated rings. The van der Waals surface area contributed by atoms with Crippen LogP contribution in [-0.4, -0.2) is 16.4 Å². The van der Waals surface area contributed by atoms with Crippen molar-refractivity contribution >= 4 is 17.2 Å². The predicted molar refractivity (Wildman–Crippen MR) is 93.9 cm³/mol. The minimum Gasteiger partial charge on any atom is -0.350 e. The van der Waals surface area contributed by atoms with Crippen molar-refractivity contribution in [1.82, 2.24) is 10.3 Å². The van der Waals surface area contributed by atoms with E-state index in [4.69, 9.17) is 5.73 Å². The molecule has 4 nitrogen and oxygen atoms in total. The van der Waals surface area contributed by atoms with Gasteiger partial charge < -0.3 is 11.1 Å². The van der Waals surface area contributed by atoms with Gasteiger partial charge in [-0.15, -0.1) is 11.3 Å². The average molecular weight is 329 g/mol. The molecule has 1 saturated carbocycles. The second-order valence-corrected chi connectivity index (χ2v) is 7.39. The fraction of sp³-hybridized carbons (Fsp3) is 0.444. The number of benzene rings is 1. The first-order valence-electron chi connectivity index (χ1n) is 8.13. The van der Waals surface area contributed by atoms with Gasteiger partial charge in [-0.2, -0.15) is 0 Å². The highest BCUT2D eigenvalue weighted by molar-refractivity contribution is 7.13. The normalized spacial score (nSPS) is 24.3. The van der Waals surface area contributed by atoms with E-state index in [9.17, 15) is 4.79 Å².